The molecule has 1 amide bonds. The van der Waals surface area contributed by atoms with Crippen molar-refractivity contribution in [3.8, 4) is 0 Å². The van der Waals surface area contributed by atoms with E-state index in [1.54, 1.807) is 0 Å². The average molecular weight is 225 g/mol. The molecule has 0 aromatic carbocycles. The predicted octanol–water partition coefficient (Wildman–Crippen LogP) is 2.11. The standard InChI is InChI=1S/C13H23NO2/c15-13(12-4-1-2-5-12)14-8-3-9-16-10-11-6-7-11/h11-12H,1-10H2,(H,14,15). The van der Waals surface area contributed by atoms with Crippen molar-refractivity contribution in [2.75, 3.05) is 19.8 Å². The summed E-state index contributed by atoms with van der Waals surface area (Å²) in [7, 11) is 0. The highest BCUT2D eigenvalue weighted by molar-refractivity contribution is 5.78. The zero-order valence-electron chi connectivity index (χ0n) is 10.0. The molecule has 0 heterocycles. The molecule has 0 atom stereocenters. The Kier molecular flexibility index (Phi) is 4.64. The van der Waals surface area contributed by atoms with Gasteiger partial charge in [0, 0.05) is 25.7 Å². The summed E-state index contributed by atoms with van der Waals surface area (Å²) < 4.78 is 5.51. The van der Waals surface area contributed by atoms with Gasteiger partial charge in [0.05, 0.1) is 0 Å². The minimum Gasteiger partial charge on any atom is -0.381 e. The number of amides is 1. The van der Waals surface area contributed by atoms with Gasteiger partial charge < -0.3 is 10.1 Å². The largest absolute Gasteiger partial charge is 0.381 e. The smallest absolute Gasteiger partial charge is 0.223 e. The third-order valence-electron chi connectivity index (χ3n) is 3.54. The number of hydrogen-bond donors (Lipinski definition) is 1. The van der Waals surface area contributed by atoms with Crippen molar-refractivity contribution in [2.24, 2.45) is 11.8 Å². The van der Waals surface area contributed by atoms with Crippen LogP contribution >= 0.6 is 0 Å². The maximum absolute atomic E-state index is 11.6. The van der Waals surface area contributed by atoms with Crippen LogP contribution in [0.1, 0.15) is 44.9 Å². The lowest BCUT2D eigenvalue weighted by molar-refractivity contribution is -0.124. The van der Waals surface area contributed by atoms with Gasteiger partial charge in [-0.05, 0) is 38.0 Å². The lowest BCUT2D eigenvalue weighted by Gasteiger charge is -2.10. The topological polar surface area (TPSA) is 38.3 Å². The van der Waals surface area contributed by atoms with E-state index in [9.17, 15) is 4.79 Å². The summed E-state index contributed by atoms with van der Waals surface area (Å²) in [5.41, 5.74) is 0. The summed E-state index contributed by atoms with van der Waals surface area (Å²) >= 11 is 0. The third-order valence-corrected chi connectivity index (χ3v) is 3.54. The number of carbonyl (C=O) groups is 1. The summed E-state index contributed by atoms with van der Waals surface area (Å²) in [5.74, 6) is 1.40. The van der Waals surface area contributed by atoms with Crippen molar-refractivity contribution < 1.29 is 9.53 Å². The van der Waals surface area contributed by atoms with Crippen LogP contribution in [-0.4, -0.2) is 25.7 Å². The summed E-state index contributed by atoms with van der Waals surface area (Å²) in [5, 5.41) is 3.01. The first-order valence-electron chi connectivity index (χ1n) is 6.71. The van der Waals surface area contributed by atoms with Crippen LogP contribution in [0, 0.1) is 11.8 Å². The lowest BCUT2D eigenvalue weighted by Crippen LogP contribution is -2.30. The first kappa shape index (κ1) is 11.9. The van der Waals surface area contributed by atoms with E-state index in [1.807, 2.05) is 0 Å². The van der Waals surface area contributed by atoms with E-state index in [0.717, 1.165) is 44.9 Å². The van der Waals surface area contributed by atoms with Gasteiger partial charge in [0.25, 0.3) is 0 Å². The molecular weight excluding hydrogens is 202 g/mol. The Bertz CT molecular complexity index is 220. The second-order valence-corrected chi connectivity index (χ2v) is 5.14. The van der Waals surface area contributed by atoms with Gasteiger partial charge in [0.15, 0.2) is 0 Å². The zero-order valence-corrected chi connectivity index (χ0v) is 10.0. The minimum atomic E-state index is 0.264. The fraction of sp³-hybridized carbons (Fsp3) is 0.923. The molecule has 2 aliphatic carbocycles. The van der Waals surface area contributed by atoms with Gasteiger partial charge in [0.2, 0.25) is 5.91 Å². The average Bonchev–Trinajstić information content (AvgIpc) is 2.95. The summed E-state index contributed by atoms with van der Waals surface area (Å²) in [6.07, 6.45) is 8.27. The van der Waals surface area contributed by atoms with Crippen LogP contribution in [0.5, 0.6) is 0 Å². The van der Waals surface area contributed by atoms with Gasteiger partial charge in [-0.3, -0.25) is 4.79 Å². The van der Waals surface area contributed by atoms with Crippen LogP contribution in [0.25, 0.3) is 0 Å². The van der Waals surface area contributed by atoms with Crippen LogP contribution in [0.4, 0.5) is 0 Å². The minimum absolute atomic E-state index is 0.264. The quantitative estimate of drug-likeness (QED) is 0.674. The predicted molar refractivity (Wildman–Crippen MR) is 63.1 cm³/mol. The Hall–Kier alpha value is -0.570. The maximum Gasteiger partial charge on any atom is 0.223 e. The molecule has 0 spiro atoms. The van der Waals surface area contributed by atoms with Crippen molar-refractivity contribution >= 4 is 5.91 Å². The molecule has 0 bridgehead atoms. The van der Waals surface area contributed by atoms with E-state index >= 15 is 0 Å². The molecule has 2 fully saturated rings. The van der Waals surface area contributed by atoms with E-state index in [-0.39, 0.29) is 5.91 Å². The van der Waals surface area contributed by atoms with Crippen molar-refractivity contribution in [3.05, 3.63) is 0 Å². The molecule has 2 saturated carbocycles. The molecule has 0 aromatic rings. The molecule has 1 N–H and O–H groups in total. The molecule has 2 aliphatic rings. The number of carbonyl (C=O) groups excluding carboxylic acids is 1. The molecule has 0 saturated heterocycles. The molecule has 0 radical (unpaired) electrons. The first-order valence-corrected chi connectivity index (χ1v) is 6.71. The second-order valence-electron chi connectivity index (χ2n) is 5.14. The highest BCUT2D eigenvalue weighted by atomic mass is 16.5. The van der Waals surface area contributed by atoms with Gasteiger partial charge in [-0.15, -0.1) is 0 Å². The fourth-order valence-corrected chi connectivity index (χ4v) is 2.25. The van der Waals surface area contributed by atoms with E-state index in [4.69, 9.17) is 4.74 Å². The molecule has 92 valence electrons. The van der Waals surface area contributed by atoms with Crippen LogP contribution in [0.2, 0.25) is 0 Å². The molecule has 3 nitrogen and oxygen atoms in total. The van der Waals surface area contributed by atoms with E-state index < -0.39 is 0 Å². The zero-order chi connectivity index (χ0) is 11.2. The first-order chi connectivity index (χ1) is 7.86. The number of hydrogen-bond acceptors (Lipinski definition) is 2. The van der Waals surface area contributed by atoms with E-state index in [1.165, 1.54) is 25.7 Å². The van der Waals surface area contributed by atoms with E-state index in [0.29, 0.717) is 5.92 Å². The van der Waals surface area contributed by atoms with Gasteiger partial charge in [-0.25, -0.2) is 0 Å². The summed E-state index contributed by atoms with van der Waals surface area (Å²) in [4.78, 5) is 11.6. The monoisotopic (exact) mass is 225 g/mol. The Morgan fingerprint density at radius 1 is 1.19 bits per heavy atom. The molecule has 3 heteroatoms. The molecule has 0 aromatic heterocycles. The van der Waals surface area contributed by atoms with Crippen LogP contribution in [0.15, 0.2) is 0 Å². The van der Waals surface area contributed by atoms with E-state index in [2.05, 4.69) is 5.32 Å². The van der Waals surface area contributed by atoms with Crippen molar-refractivity contribution in [2.45, 2.75) is 44.9 Å². The Labute approximate surface area is 97.9 Å². The summed E-state index contributed by atoms with van der Waals surface area (Å²) in [6.45, 7) is 2.50. The molecular formula is C13H23NO2. The lowest BCUT2D eigenvalue weighted by atomic mass is 10.1. The number of rotatable bonds is 7. The van der Waals surface area contributed by atoms with Crippen molar-refractivity contribution in [1.29, 1.82) is 0 Å². The van der Waals surface area contributed by atoms with Gasteiger partial charge >= 0.3 is 0 Å². The van der Waals surface area contributed by atoms with Crippen LogP contribution in [-0.2, 0) is 9.53 Å². The third kappa shape index (κ3) is 4.12. The van der Waals surface area contributed by atoms with Crippen LogP contribution < -0.4 is 5.32 Å². The Morgan fingerprint density at radius 2 is 1.94 bits per heavy atom. The molecule has 16 heavy (non-hydrogen) atoms. The normalized spacial score (nSPS) is 21.2. The van der Waals surface area contributed by atoms with Gasteiger partial charge in [-0.1, -0.05) is 12.8 Å². The molecule has 0 aliphatic heterocycles. The van der Waals surface area contributed by atoms with Gasteiger partial charge in [0.1, 0.15) is 0 Å². The number of nitrogens with one attached hydrogen (secondary N) is 1. The molecule has 0 unspecified atom stereocenters. The number of ether oxygens (including phenoxy) is 1. The molecule has 2 rings (SSSR count). The van der Waals surface area contributed by atoms with Gasteiger partial charge in [-0.2, -0.15) is 0 Å². The van der Waals surface area contributed by atoms with Crippen molar-refractivity contribution in [3.63, 3.8) is 0 Å². The SMILES string of the molecule is O=C(NCCCOCC1CC1)C1CCCC1. The summed E-state index contributed by atoms with van der Waals surface area (Å²) in [6, 6.07) is 0. The fourth-order valence-electron chi connectivity index (χ4n) is 2.25. The highest BCUT2D eigenvalue weighted by Crippen LogP contribution is 2.28. The van der Waals surface area contributed by atoms with Crippen molar-refractivity contribution in [1.82, 2.24) is 5.32 Å². The highest BCUT2D eigenvalue weighted by Gasteiger charge is 2.22. The Balaban J connectivity index is 1.42. The van der Waals surface area contributed by atoms with Crippen LogP contribution in [0.3, 0.4) is 0 Å². The maximum atomic E-state index is 11.6. The second kappa shape index (κ2) is 6.24. The Morgan fingerprint density at radius 3 is 2.62 bits per heavy atom.